The van der Waals surface area contributed by atoms with E-state index in [1.165, 1.54) is 5.57 Å². The summed E-state index contributed by atoms with van der Waals surface area (Å²) >= 11 is 0. The summed E-state index contributed by atoms with van der Waals surface area (Å²) < 4.78 is 12.2. The van der Waals surface area contributed by atoms with Gasteiger partial charge in [0, 0.05) is 17.3 Å². The lowest BCUT2D eigenvalue weighted by molar-refractivity contribution is -0.270. The van der Waals surface area contributed by atoms with Gasteiger partial charge >= 0.3 is 5.97 Å². The minimum Gasteiger partial charge on any atom is -0.456 e. The van der Waals surface area contributed by atoms with Crippen molar-refractivity contribution < 1.29 is 24.2 Å². The van der Waals surface area contributed by atoms with E-state index >= 15 is 0 Å². The van der Waals surface area contributed by atoms with Gasteiger partial charge in [-0.3, -0.25) is 9.59 Å². The Morgan fingerprint density at radius 3 is 2.55 bits per heavy atom. The Kier molecular flexibility index (Phi) is 4.55. The van der Waals surface area contributed by atoms with Crippen LogP contribution in [0.15, 0.2) is 23.8 Å². The molecule has 2 heterocycles. The second kappa shape index (κ2) is 6.81. The number of rotatable bonds is 1. The van der Waals surface area contributed by atoms with E-state index in [1.807, 2.05) is 19.9 Å². The number of ketones is 1. The normalized spacial score (nSPS) is 57.2. The van der Waals surface area contributed by atoms with Gasteiger partial charge in [0.25, 0.3) is 0 Å². The molecule has 3 saturated carbocycles. The number of hydrogen-bond acceptors (Lipinski definition) is 5. The summed E-state index contributed by atoms with van der Waals surface area (Å²) in [5.74, 6) is 0.149. The van der Waals surface area contributed by atoms with Crippen molar-refractivity contribution in [2.45, 2.75) is 84.7 Å². The molecule has 180 valence electrons. The molecular formula is C28H38O5. The molecule has 6 aliphatic rings. The van der Waals surface area contributed by atoms with E-state index in [0.717, 1.165) is 32.1 Å². The number of ether oxygens (including phenoxy) is 2. The van der Waals surface area contributed by atoms with Gasteiger partial charge in [-0.05, 0) is 73.3 Å². The Labute approximate surface area is 197 Å². The van der Waals surface area contributed by atoms with Crippen molar-refractivity contribution >= 4 is 11.8 Å². The predicted octanol–water partition coefficient (Wildman–Crippen LogP) is 4.44. The van der Waals surface area contributed by atoms with E-state index in [9.17, 15) is 14.7 Å². The fourth-order valence-electron chi connectivity index (χ4n) is 9.45. The molecule has 5 heteroatoms. The van der Waals surface area contributed by atoms with Crippen LogP contribution in [0.1, 0.15) is 66.7 Å². The van der Waals surface area contributed by atoms with Crippen LogP contribution in [-0.2, 0) is 19.1 Å². The molecule has 33 heavy (non-hydrogen) atoms. The smallest absolute Gasteiger partial charge is 0.309 e. The zero-order chi connectivity index (χ0) is 23.5. The number of esters is 1. The number of carbonyl (C=O) groups excluding carboxylic acids is 2. The largest absolute Gasteiger partial charge is 0.456 e. The number of fused-ring (bicyclic) bond motifs is 7. The summed E-state index contributed by atoms with van der Waals surface area (Å²) in [6.07, 6.45) is 10.6. The van der Waals surface area contributed by atoms with Gasteiger partial charge in [-0.15, -0.1) is 0 Å². The molecule has 0 bridgehead atoms. The minimum atomic E-state index is -1.40. The Bertz CT molecular complexity index is 967. The van der Waals surface area contributed by atoms with E-state index < -0.39 is 11.9 Å². The minimum absolute atomic E-state index is 0.00726. The number of allylic oxidation sites excluding steroid dienone is 4. The maximum atomic E-state index is 12.2. The van der Waals surface area contributed by atoms with Crippen molar-refractivity contribution in [2.75, 3.05) is 0 Å². The highest BCUT2D eigenvalue weighted by molar-refractivity contribution is 6.01. The van der Waals surface area contributed by atoms with Crippen LogP contribution in [0.4, 0.5) is 0 Å². The van der Waals surface area contributed by atoms with Gasteiger partial charge in [0.1, 0.15) is 0 Å². The first-order valence-electron chi connectivity index (χ1n) is 13.1. The zero-order valence-electron chi connectivity index (χ0n) is 20.5. The molecule has 0 amide bonds. The molecule has 12 unspecified atom stereocenters. The molecule has 12 atom stereocenters. The molecule has 2 saturated heterocycles. The molecule has 0 aromatic carbocycles. The van der Waals surface area contributed by atoms with Crippen molar-refractivity contribution in [2.24, 2.45) is 52.3 Å². The van der Waals surface area contributed by atoms with Crippen LogP contribution >= 0.6 is 0 Å². The van der Waals surface area contributed by atoms with Gasteiger partial charge in [0.15, 0.2) is 11.9 Å². The number of hydrogen-bond donors (Lipinski definition) is 1. The van der Waals surface area contributed by atoms with Crippen molar-refractivity contribution in [3.63, 3.8) is 0 Å². The molecule has 0 aromatic heterocycles. The lowest BCUT2D eigenvalue weighted by atomic mass is 9.47. The average Bonchev–Trinajstić information content (AvgIpc) is 3.31. The van der Waals surface area contributed by atoms with Crippen molar-refractivity contribution in [1.82, 2.24) is 0 Å². The van der Waals surface area contributed by atoms with Gasteiger partial charge < -0.3 is 14.6 Å². The summed E-state index contributed by atoms with van der Waals surface area (Å²) in [4.78, 5) is 24.3. The molecule has 0 aromatic rings. The van der Waals surface area contributed by atoms with Crippen molar-refractivity contribution in [1.29, 1.82) is 0 Å². The third kappa shape index (κ3) is 2.67. The van der Waals surface area contributed by atoms with Crippen LogP contribution in [0.3, 0.4) is 0 Å². The summed E-state index contributed by atoms with van der Waals surface area (Å²) in [6, 6.07) is 0. The Balaban J connectivity index is 1.29. The maximum absolute atomic E-state index is 12.2. The van der Waals surface area contributed by atoms with Crippen LogP contribution in [0.5, 0.6) is 0 Å². The first kappa shape index (κ1) is 22.0. The topological polar surface area (TPSA) is 72.8 Å². The van der Waals surface area contributed by atoms with E-state index in [1.54, 1.807) is 6.08 Å². The molecule has 0 spiro atoms. The van der Waals surface area contributed by atoms with Gasteiger partial charge in [-0.1, -0.05) is 46.3 Å². The summed E-state index contributed by atoms with van der Waals surface area (Å²) in [6.45, 7) is 10.8. The summed E-state index contributed by atoms with van der Waals surface area (Å²) in [5.41, 5.74) is 1.43. The van der Waals surface area contributed by atoms with Crippen LogP contribution in [-0.4, -0.2) is 34.9 Å². The number of cyclic esters (lactones) is 1. The Morgan fingerprint density at radius 2 is 1.85 bits per heavy atom. The molecule has 4 aliphatic carbocycles. The fourth-order valence-corrected chi connectivity index (χ4v) is 9.45. The fraction of sp³-hybridized carbons (Fsp3) is 0.786. The van der Waals surface area contributed by atoms with Gasteiger partial charge in [-0.2, -0.15) is 0 Å². The van der Waals surface area contributed by atoms with Crippen molar-refractivity contribution in [3.8, 4) is 0 Å². The Morgan fingerprint density at radius 1 is 1.09 bits per heavy atom. The van der Waals surface area contributed by atoms with E-state index in [2.05, 4.69) is 26.8 Å². The quantitative estimate of drug-likeness (QED) is 0.593. The predicted molar refractivity (Wildman–Crippen MR) is 123 cm³/mol. The molecule has 6 rings (SSSR count). The summed E-state index contributed by atoms with van der Waals surface area (Å²) in [7, 11) is 0. The third-order valence-electron chi connectivity index (χ3n) is 11.5. The highest BCUT2D eigenvalue weighted by Gasteiger charge is 2.71. The van der Waals surface area contributed by atoms with Gasteiger partial charge in [0.05, 0.1) is 12.0 Å². The van der Waals surface area contributed by atoms with Crippen molar-refractivity contribution in [3.05, 3.63) is 23.8 Å². The molecule has 0 radical (unpaired) electrons. The lowest BCUT2D eigenvalue weighted by Gasteiger charge is -2.57. The van der Waals surface area contributed by atoms with Crippen LogP contribution in [0.25, 0.3) is 0 Å². The van der Waals surface area contributed by atoms with E-state index in [-0.39, 0.29) is 52.4 Å². The highest BCUT2D eigenvalue weighted by atomic mass is 16.7. The standard InChI is InChI=1S/C28H38O5/c1-14-15(2)25(30)32-24(14)28(31)16(3)23-22(33-28)13-21-19-7-6-17-12-18(29)8-10-26(17,4)20(19)9-11-27(21,23)5/h8,10,12,14-16,19-24,31H,6-7,9,11,13H2,1-5H3. The Hall–Kier alpha value is -1.46. The van der Waals surface area contributed by atoms with Crippen LogP contribution in [0, 0.1) is 52.3 Å². The lowest BCUT2D eigenvalue weighted by Crippen LogP contribution is -2.54. The molecule has 1 N–H and O–H groups in total. The number of carbonyl (C=O) groups is 2. The second-order valence-electron chi connectivity index (χ2n) is 12.6. The maximum Gasteiger partial charge on any atom is 0.309 e. The monoisotopic (exact) mass is 454 g/mol. The number of aliphatic hydroxyl groups is 1. The average molecular weight is 455 g/mol. The van der Waals surface area contributed by atoms with E-state index in [4.69, 9.17) is 9.47 Å². The van der Waals surface area contributed by atoms with Crippen LogP contribution < -0.4 is 0 Å². The van der Waals surface area contributed by atoms with Gasteiger partial charge in [0.2, 0.25) is 5.79 Å². The first-order valence-corrected chi connectivity index (χ1v) is 13.1. The van der Waals surface area contributed by atoms with E-state index in [0.29, 0.717) is 17.8 Å². The zero-order valence-corrected chi connectivity index (χ0v) is 20.5. The molecule has 5 nitrogen and oxygen atoms in total. The van der Waals surface area contributed by atoms with Crippen LogP contribution in [0.2, 0.25) is 0 Å². The highest BCUT2D eigenvalue weighted by Crippen LogP contribution is 2.70. The molecule has 5 fully saturated rings. The second-order valence-corrected chi connectivity index (χ2v) is 12.6. The SMILES string of the molecule is CC1C(=O)OC(C2(O)OC3CC4C5CCC6=CC(=O)C=CC6(C)C5CCC4(C)C3C2C)C1C. The molecule has 2 aliphatic heterocycles. The summed E-state index contributed by atoms with van der Waals surface area (Å²) in [5, 5.41) is 11.8. The third-order valence-corrected chi connectivity index (χ3v) is 11.5. The molecular weight excluding hydrogens is 416 g/mol. The van der Waals surface area contributed by atoms with Gasteiger partial charge in [-0.25, -0.2) is 0 Å². The first-order chi connectivity index (χ1) is 15.5.